The maximum atomic E-state index is 13.3. The average Bonchev–Trinajstić information content (AvgIpc) is 2.63. The van der Waals surface area contributed by atoms with Crippen LogP contribution in [0.3, 0.4) is 0 Å². The summed E-state index contributed by atoms with van der Waals surface area (Å²) in [5.74, 6) is -0.489. The van der Waals surface area contributed by atoms with Crippen LogP contribution in [0.1, 0.15) is 28.8 Å². The molecule has 0 aliphatic carbocycles. The SMILES string of the molecule is O=C(NCC1(c2ccc(F)cc2)CCOCC1)c1ccc(Cl)c(Cl)c1. The molecule has 3 rings (SSSR count). The standard InChI is InChI=1S/C19H18Cl2FNO2/c20-16-6-1-13(11-17(16)21)18(24)23-12-19(7-9-25-10-8-19)14-2-4-15(22)5-3-14/h1-6,11H,7-10,12H2,(H,23,24). The molecule has 1 saturated heterocycles. The summed E-state index contributed by atoms with van der Waals surface area (Å²) in [6.07, 6.45) is 1.53. The molecule has 0 spiro atoms. The highest BCUT2D eigenvalue weighted by Gasteiger charge is 2.35. The second-order valence-corrected chi connectivity index (χ2v) is 7.03. The van der Waals surface area contributed by atoms with Crippen molar-refractivity contribution in [1.29, 1.82) is 0 Å². The van der Waals surface area contributed by atoms with Crippen LogP contribution >= 0.6 is 23.2 Å². The number of hydrogen-bond donors (Lipinski definition) is 1. The van der Waals surface area contributed by atoms with Gasteiger partial charge in [0.15, 0.2) is 0 Å². The molecule has 0 unspecified atom stereocenters. The van der Waals surface area contributed by atoms with Gasteiger partial charge in [-0.15, -0.1) is 0 Å². The second kappa shape index (κ2) is 7.73. The van der Waals surface area contributed by atoms with Gasteiger partial charge in [0.25, 0.3) is 5.91 Å². The van der Waals surface area contributed by atoms with Crippen LogP contribution in [0.2, 0.25) is 10.0 Å². The molecule has 1 amide bonds. The zero-order valence-corrected chi connectivity index (χ0v) is 15.0. The Morgan fingerprint density at radius 3 is 2.40 bits per heavy atom. The van der Waals surface area contributed by atoms with Crippen LogP contribution in [-0.2, 0) is 10.2 Å². The molecular weight excluding hydrogens is 364 g/mol. The van der Waals surface area contributed by atoms with Gasteiger partial charge in [0.05, 0.1) is 10.0 Å². The third-order valence-electron chi connectivity index (χ3n) is 4.68. The predicted molar refractivity (Wildman–Crippen MR) is 96.9 cm³/mol. The molecule has 1 fully saturated rings. The van der Waals surface area contributed by atoms with Crippen molar-refractivity contribution in [3.63, 3.8) is 0 Å². The summed E-state index contributed by atoms with van der Waals surface area (Å²) in [7, 11) is 0. The molecule has 2 aromatic rings. The van der Waals surface area contributed by atoms with E-state index in [4.69, 9.17) is 27.9 Å². The van der Waals surface area contributed by atoms with Crippen LogP contribution < -0.4 is 5.32 Å². The number of ether oxygens (including phenoxy) is 1. The molecule has 1 aliphatic heterocycles. The Balaban J connectivity index is 1.77. The summed E-state index contributed by atoms with van der Waals surface area (Å²) < 4.78 is 18.7. The molecule has 6 heteroatoms. The lowest BCUT2D eigenvalue weighted by Crippen LogP contribution is -2.44. The van der Waals surface area contributed by atoms with Crippen molar-refractivity contribution >= 4 is 29.1 Å². The highest BCUT2D eigenvalue weighted by molar-refractivity contribution is 6.42. The van der Waals surface area contributed by atoms with Gasteiger partial charge in [-0.2, -0.15) is 0 Å². The maximum absolute atomic E-state index is 13.3. The first-order valence-electron chi connectivity index (χ1n) is 8.07. The molecule has 0 radical (unpaired) electrons. The Morgan fingerprint density at radius 1 is 1.08 bits per heavy atom. The molecule has 0 saturated carbocycles. The van der Waals surface area contributed by atoms with Crippen LogP contribution in [0.25, 0.3) is 0 Å². The minimum atomic E-state index is -0.272. The van der Waals surface area contributed by atoms with Gasteiger partial charge in [-0.3, -0.25) is 4.79 Å². The van der Waals surface area contributed by atoms with E-state index in [9.17, 15) is 9.18 Å². The lowest BCUT2D eigenvalue weighted by atomic mass is 9.74. The topological polar surface area (TPSA) is 38.3 Å². The zero-order valence-electron chi connectivity index (χ0n) is 13.5. The fourth-order valence-electron chi connectivity index (χ4n) is 3.12. The van der Waals surface area contributed by atoms with Crippen molar-refractivity contribution in [2.24, 2.45) is 0 Å². The van der Waals surface area contributed by atoms with Crippen LogP contribution in [0.5, 0.6) is 0 Å². The minimum Gasteiger partial charge on any atom is -0.381 e. The summed E-state index contributed by atoms with van der Waals surface area (Å²) >= 11 is 11.9. The van der Waals surface area contributed by atoms with Crippen LogP contribution in [-0.4, -0.2) is 25.7 Å². The molecule has 0 atom stereocenters. The molecule has 1 N–H and O–H groups in total. The normalized spacial score (nSPS) is 16.4. The lowest BCUT2D eigenvalue weighted by molar-refractivity contribution is 0.0487. The van der Waals surface area contributed by atoms with Gasteiger partial charge in [-0.25, -0.2) is 4.39 Å². The van der Waals surface area contributed by atoms with Crippen LogP contribution in [0.4, 0.5) is 4.39 Å². The first-order chi connectivity index (χ1) is 12.0. The van der Waals surface area contributed by atoms with E-state index in [0.29, 0.717) is 35.4 Å². The Morgan fingerprint density at radius 2 is 1.76 bits per heavy atom. The van der Waals surface area contributed by atoms with E-state index < -0.39 is 0 Å². The molecular formula is C19H18Cl2FNO2. The quantitative estimate of drug-likeness (QED) is 0.839. The smallest absolute Gasteiger partial charge is 0.251 e. The third kappa shape index (κ3) is 4.14. The first kappa shape index (κ1) is 18.2. The fourth-order valence-corrected chi connectivity index (χ4v) is 3.42. The molecule has 25 heavy (non-hydrogen) atoms. The van der Waals surface area contributed by atoms with Gasteiger partial charge < -0.3 is 10.1 Å². The lowest BCUT2D eigenvalue weighted by Gasteiger charge is -2.38. The first-order valence-corrected chi connectivity index (χ1v) is 8.83. The number of amides is 1. The van der Waals surface area contributed by atoms with Crippen molar-refractivity contribution < 1.29 is 13.9 Å². The zero-order chi connectivity index (χ0) is 17.9. The Bertz CT molecular complexity index is 759. The van der Waals surface area contributed by atoms with Gasteiger partial charge in [0.1, 0.15) is 5.82 Å². The van der Waals surface area contributed by atoms with Gasteiger partial charge in [0, 0.05) is 30.7 Å². The highest BCUT2D eigenvalue weighted by atomic mass is 35.5. The van der Waals surface area contributed by atoms with Crippen molar-refractivity contribution in [3.05, 3.63) is 69.5 Å². The van der Waals surface area contributed by atoms with Crippen molar-refractivity contribution in [2.45, 2.75) is 18.3 Å². The van der Waals surface area contributed by atoms with E-state index in [1.165, 1.54) is 12.1 Å². The number of benzene rings is 2. The Hall–Kier alpha value is -1.62. The van der Waals surface area contributed by atoms with Crippen LogP contribution in [0.15, 0.2) is 42.5 Å². The molecule has 2 aromatic carbocycles. The largest absolute Gasteiger partial charge is 0.381 e. The second-order valence-electron chi connectivity index (χ2n) is 6.21. The molecule has 0 aromatic heterocycles. The molecule has 0 bridgehead atoms. The van der Waals surface area contributed by atoms with Gasteiger partial charge in [0.2, 0.25) is 0 Å². The summed E-state index contributed by atoms with van der Waals surface area (Å²) in [4.78, 5) is 12.5. The minimum absolute atomic E-state index is 0.216. The number of halogens is 3. The summed E-state index contributed by atoms with van der Waals surface area (Å²) in [6.45, 7) is 1.67. The Kier molecular flexibility index (Phi) is 5.62. The van der Waals surface area contributed by atoms with Gasteiger partial charge in [-0.05, 0) is 48.7 Å². The van der Waals surface area contributed by atoms with Crippen molar-refractivity contribution in [1.82, 2.24) is 5.32 Å². The summed E-state index contributed by atoms with van der Waals surface area (Å²) in [5.41, 5.74) is 1.19. The van der Waals surface area contributed by atoms with Gasteiger partial charge >= 0.3 is 0 Å². The molecule has 1 heterocycles. The number of rotatable bonds is 4. The van der Waals surface area contributed by atoms with E-state index in [-0.39, 0.29) is 17.1 Å². The third-order valence-corrected chi connectivity index (χ3v) is 5.41. The van der Waals surface area contributed by atoms with Gasteiger partial charge in [-0.1, -0.05) is 35.3 Å². The van der Waals surface area contributed by atoms with E-state index in [1.807, 2.05) is 0 Å². The number of hydrogen-bond acceptors (Lipinski definition) is 2. The molecule has 3 nitrogen and oxygen atoms in total. The van der Waals surface area contributed by atoms with E-state index in [0.717, 1.165) is 18.4 Å². The summed E-state index contributed by atoms with van der Waals surface area (Å²) in [5, 5.41) is 3.73. The fraction of sp³-hybridized carbons (Fsp3) is 0.316. The molecule has 1 aliphatic rings. The van der Waals surface area contributed by atoms with E-state index >= 15 is 0 Å². The van der Waals surface area contributed by atoms with Crippen molar-refractivity contribution in [3.8, 4) is 0 Å². The maximum Gasteiger partial charge on any atom is 0.251 e. The average molecular weight is 382 g/mol. The summed E-state index contributed by atoms with van der Waals surface area (Å²) in [6, 6.07) is 11.3. The van der Waals surface area contributed by atoms with Crippen molar-refractivity contribution in [2.75, 3.05) is 19.8 Å². The Labute approximate surface area is 156 Å². The van der Waals surface area contributed by atoms with Crippen LogP contribution in [0, 0.1) is 5.82 Å². The molecule has 132 valence electrons. The number of carbonyl (C=O) groups is 1. The predicted octanol–water partition coefficient (Wildman–Crippen LogP) is 4.61. The highest BCUT2D eigenvalue weighted by Crippen LogP contribution is 2.34. The number of nitrogens with one attached hydrogen (secondary N) is 1. The van der Waals surface area contributed by atoms with E-state index in [2.05, 4.69) is 5.32 Å². The number of carbonyl (C=O) groups excluding carboxylic acids is 1. The van der Waals surface area contributed by atoms with E-state index in [1.54, 1.807) is 30.3 Å². The monoisotopic (exact) mass is 381 g/mol.